The largest absolute Gasteiger partial charge is 0.491 e. The van der Waals surface area contributed by atoms with Crippen LogP contribution in [-0.2, 0) is 6.54 Å². The van der Waals surface area contributed by atoms with E-state index in [0.717, 1.165) is 11.3 Å². The van der Waals surface area contributed by atoms with Crippen LogP contribution in [0.2, 0.25) is 0 Å². The van der Waals surface area contributed by atoms with Crippen molar-refractivity contribution >= 4 is 0 Å². The lowest BCUT2D eigenvalue weighted by Gasteiger charge is -2.15. The van der Waals surface area contributed by atoms with Crippen molar-refractivity contribution in [1.82, 2.24) is 5.32 Å². The third-order valence-electron chi connectivity index (χ3n) is 2.09. The Bertz CT molecular complexity index is 311. The van der Waals surface area contributed by atoms with Crippen molar-refractivity contribution in [2.75, 3.05) is 6.54 Å². The van der Waals surface area contributed by atoms with Crippen molar-refractivity contribution in [2.24, 2.45) is 0 Å². The maximum absolute atomic E-state index is 9.15. The van der Waals surface area contributed by atoms with Crippen LogP contribution in [0.3, 0.4) is 0 Å². The van der Waals surface area contributed by atoms with E-state index in [-0.39, 0.29) is 12.2 Å². The minimum atomic E-state index is -0.321. The highest BCUT2D eigenvalue weighted by Crippen LogP contribution is 2.18. The van der Waals surface area contributed by atoms with Gasteiger partial charge in [-0.2, -0.15) is 0 Å². The Labute approximate surface area is 97.4 Å². The molecule has 0 aliphatic heterocycles. The molecule has 1 atom stereocenters. The van der Waals surface area contributed by atoms with E-state index in [1.807, 2.05) is 38.1 Å². The molecule has 2 N–H and O–H groups in total. The zero-order valence-electron chi connectivity index (χ0n) is 10.2. The van der Waals surface area contributed by atoms with Crippen molar-refractivity contribution in [3.63, 3.8) is 0 Å². The Balaban J connectivity index is 2.56. The lowest BCUT2D eigenvalue weighted by molar-refractivity contribution is 0.190. The molecule has 0 bridgehead atoms. The molecule has 0 aliphatic carbocycles. The molecule has 0 saturated heterocycles. The Hall–Kier alpha value is -1.06. The fourth-order valence-corrected chi connectivity index (χ4v) is 1.43. The quantitative estimate of drug-likeness (QED) is 0.774. The van der Waals surface area contributed by atoms with Gasteiger partial charge >= 0.3 is 0 Å². The van der Waals surface area contributed by atoms with E-state index in [2.05, 4.69) is 5.32 Å². The molecule has 1 rings (SSSR count). The molecule has 1 aromatic carbocycles. The van der Waals surface area contributed by atoms with E-state index in [1.54, 1.807) is 6.92 Å². The lowest BCUT2D eigenvalue weighted by atomic mass is 10.2. The van der Waals surface area contributed by atoms with Gasteiger partial charge in [0.2, 0.25) is 0 Å². The number of hydrogen-bond acceptors (Lipinski definition) is 3. The van der Waals surface area contributed by atoms with Gasteiger partial charge in [-0.25, -0.2) is 0 Å². The molecule has 0 heterocycles. The molecule has 3 heteroatoms. The summed E-state index contributed by atoms with van der Waals surface area (Å²) in [6, 6.07) is 7.97. The predicted molar refractivity (Wildman–Crippen MR) is 65.6 cm³/mol. The number of rotatable bonds is 6. The van der Waals surface area contributed by atoms with Gasteiger partial charge in [0.05, 0.1) is 12.2 Å². The number of aliphatic hydroxyl groups excluding tert-OH is 1. The maximum Gasteiger partial charge on any atom is 0.124 e. The summed E-state index contributed by atoms with van der Waals surface area (Å²) in [6.45, 7) is 7.10. The van der Waals surface area contributed by atoms with Gasteiger partial charge in [0.25, 0.3) is 0 Å². The van der Waals surface area contributed by atoms with Crippen LogP contribution < -0.4 is 10.1 Å². The fourth-order valence-electron chi connectivity index (χ4n) is 1.43. The van der Waals surface area contributed by atoms with Crippen molar-refractivity contribution < 1.29 is 9.84 Å². The molecule has 0 saturated carbocycles. The van der Waals surface area contributed by atoms with Crippen molar-refractivity contribution in [3.8, 4) is 5.75 Å². The summed E-state index contributed by atoms with van der Waals surface area (Å²) in [4.78, 5) is 0. The first-order valence-electron chi connectivity index (χ1n) is 5.73. The first kappa shape index (κ1) is 13.0. The van der Waals surface area contributed by atoms with Gasteiger partial charge in [0.1, 0.15) is 5.75 Å². The topological polar surface area (TPSA) is 41.5 Å². The standard InChI is InChI=1S/C13H21NO2/c1-10(2)16-13-7-5-4-6-12(13)9-14-8-11(3)15/h4-7,10-11,14-15H,8-9H2,1-3H3/t11-/m1/s1. The van der Waals surface area contributed by atoms with E-state index < -0.39 is 0 Å². The van der Waals surface area contributed by atoms with Crippen LogP contribution in [0.4, 0.5) is 0 Å². The summed E-state index contributed by atoms with van der Waals surface area (Å²) in [7, 11) is 0. The number of ether oxygens (including phenoxy) is 1. The van der Waals surface area contributed by atoms with Crippen LogP contribution in [0.25, 0.3) is 0 Å². The minimum absolute atomic E-state index is 0.179. The average molecular weight is 223 g/mol. The molecule has 0 aliphatic rings. The van der Waals surface area contributed by atoms with Crippen molar-refractivity contribution in [1.29, 1.82) is 0 Å². The first-order chi connectivity index (χ1) is 7.59. The average Bonchev–Trinajstić information content (AvgIpc) is 2.19. The van der Waals surface area contributed by atoms with Crippen LogP contribution in [0, 0.1) is 0 Å². The van der Waals surface area contributed by atoms with E-state index in [0.29, 0.717) is 13.1 Å². The number of hydrogen-bond donors (Lipinski definition) is 2. The van der Waals surface area contributed by atoms with Gasteiger partial charge in [-0.3, -0.25) is 0 Å². The van der Waals surface area contributed by atoms with E-state index >= 15 is 0 Å². The molecule has 0 amide bonds. The zero-order valence-corrected chi connectivity index (χ0v) is 10.2. The third-order valence-corrected chi connectivity index (χ3v) is 2.09. The summed E-state index contributed by atoms with van der Waals surface area (Å²) >= 11 is 0. The molecule has 3 nitrogen and oxygen atoms in total. The summed E-state index contributed by atoms with van der Waals surface area (Å²) in [6.07, 6.45) is -0.143. The molecular formula is C13H21NO2. The highest BCUT2D eigenvalue weighted by atomic mass is 16.5. The number of nitrogens with one attached hydrogen (secondary N) is 1. The predicted octanol–water partition coefficient (Wildman–Crippen LogP) is 1.94. The van der Waals surface area contributed by atoms with Crippen LogP contribution in [0.15, 0.2) is 24.3 Å². The fraction of sp³-hybridized carbons (Fsp3) is 0.538. The smallest absolute Gasteiger partial charge is 0.124 e. The van der Waals surface area contributed by atoms with E-state index in [4.69, 9.17) is 9.84 Å². The Morgan fingerprint density at radius 3 is 2.56 bits per heavy atom. The maximum atomic E-state index is 9.15. The molecular weight excluding hydrogens is 202 g/mol. The molecule has 1 aromatic rings. The van der Waals surface area contributed by atoms with Gasteiger partial charge in [0, 0.05) is 18.7 Å². The summed E-state index contributed by atoms with van der Waals surface area (Å²) in [5, 5.41) is 12.3. The SMILES string of the molecule is CC(C)Oc1ccccc1CNC[C@@H](C)O. The number of benzene rings is 1. The number of para-hydroxylation sites is 1. The number of aliphatic hydroxyl groups is 1. The monoisotopic (exact) mass is 223 g/mol. The molecule has 0 fully saturated rings. The Morgan fingerprint density at radius 2 is 1.94 bits per heavy atom. The Kier molecular flexibility index (Phi) is 5.29. The van der Waals surface area contributed by atoms with Crippen LogP contribution in [-0.4, -0.2) is 23.9 Å². The van der Waals surface area contributed by atoms with Gasteiger partial charge in [-0.15, -0.1) is 0 Å². The van der Waals surface area contributed by atoms with Crippen molar-refractivity contribution in [3.05, 3.63) is 29.8 Å². The summed E-state index contributed by atoms with van der Waals surface area (Å²) < 4.78 is 5.70. The minimum Gasteiger partial charge on any atom is -0.491 e. The van der Waals surface area contributed by atoms with Gasteiger partial charge in [-0.1, -0.05) is 18.2 Å². The highest BCUT2D eigenvalue weighted by molar-refractivity contribution is 5.33. The molecule has 0 aromatic heterocycles. The van der Waals surface area contributed by atoms with Crippen molar-refractivity contribution in [2.45, 2.75) is 39.5 Å². The second-order valence-electron chi connectivity index (χ2n) is 4.25. The molecule has 0 radical (unpaired) electrons. The second-order valence-corrected chi connectivity index (χ2v) is 4.25. The summed E-state index contributed by atoms with van der Waals surface area (Å²) in [5.74, 6) is 0.913. The van der Waals surface area contributed by atoms with Crippen LogP contribution >= 0.6 is 0 Å². The molecule has 0 unspecified atom stereocenters. The normalized spacial score (nSPS) is 12.8. The molecule has 16 heavy (non-hydrogen) atoms. The highest BCUT2D eigenvalue weighted by Gasteiger charge is 2.04. The zero-order chi connectivity index (χ0) is 12.0. The summed E-state index contributed by atoms with van der Waals surface area (Å²) in [5.41, 5.74) is 1.12. The molecule has 0 spiro atoms. The van der Waals surface area contributed by atoms with Gasteiger partial charge < -0.3 is 15.2 Å². The first-order valence-corrected chi connectivity index (χ1v) is 5.73. The molecule has 90 valence electrons. The van der Waals surface area contributed by atoms with Gasteiger partial charge in [-0.05, 0) is 26.8 Å². The second kappa shape index (κ2) is 6.51. The van der Waals surface area contributed by atoms with E-state index in [9.17, 15) is 0 Å². The third kappa shape index (κ3) is 4.64. The Morgan fingerprint density at radius 1 is 1.25 bits per heavy atom. The lowest BCUT2D eigenvalue weighted by Crippen LogP contribution is -2.24. The van der Waals surface area contributed by atoms with Gasteiger partial charge in [0.15, 0.2) is 0 Å². The van der Waals surface area contributed by atoms with Crippen LogP contribution in [0.5, 0.6) is 5.75 Å². The van der Waals surface area contributed by atoms with Crippen LogP contribution in [0.1, 0.15) is 26.3 Å². The van der Waals surface area contributed by atoms with E-state index in [1.165, 1.54) is 0 Å².